The average molecular weight is 312 g/mol. The van der Waals surface area contributed by atoms with Gasteiger partial charge in [-0.2, -0.15) is 5.26 Å². The maximum Gasteiger partial charge on any atom is 0.496 e. The number of hydrogen-bond donors (Lipinski definition) is 0. The molecular weight excluding hydrogens is 287 g/mol. The van der Waals surface area contributed by atoms with Gasteiger partial charge in [0.25, 0.3) is 0 Å². The number of piperidine rings is 1. The number of nitriles is 1. The molecule has 0 aromatic heterocycles. The SMILES string of the molecule is CC1(C)OB(c2ccc(N3CCCCC3)cc2C#N)OC1(C)C. The van der Waals surface area contributed by atoms with E-state index >= 15 is 0 Å². The molecule has 3 rings (SSSR count). The van der Waals surface area contributed by atoms with Crippen LogP contribution in [0, 0.1) is 11.3 Å². The number of benzene rings is 1. The Morgan fingerprint density at radius 1 is 1.04 bits per heavy atom. The van der Waals surface area contributed by atoms with E-state index in [4.69, 9.17) is 9.31 Å². The van der Waals surface area contributed by atoms with Gasteiger partial charge in [0.1, 0.15) is 0 Å². The minimum Gasteiger partial charge on any atom is -0.399 e. The zero-order valence-corrected chi connectivity index (χ0v) is 14.6. The third-order valence-corrected chi connectivity index (χ3v) is 5.39. The second-order valence-electron chi connectivity index (χ2n) is 7.52. The Kier molecular flexibility index (Phi) is 4.16. The van der Waals surface area contributed by atoms with Crippen molar-refractivity contribution in [2.75, 3.05) is 18.0 Å². The Morgan fingerprint density at radius 3 is 2.22 bits per heavy atom. The van der Waals surface area contributed by atoms with Crippen molar-refractivity contribution in [3.8, 4) is 6.07 Å². The molecule has 0 spiro atoms. The van der Waals surface area contributed by atoms with Crippen molar-refractivity contribution in [1.82, 2.24) is 0 Å². The Balaban J connectivity index is 1.88. The van der Waals surface area contributed by atoms with E-state index in [1.165, 1.54) is 19.3 Å². The van der Waals surface area contributed by atoms with E-state index in [1.54, 1.807) is 0 Å². The molecule has 0 amide bonds. The third-order valence-electron chi connectivity index (χ3n) is 5.39. The fourth-order valence-corrected chi connectivity index (χ4v) is 3.17. The molecular formula is C18H25BN2O2. The van der Waals surface area contributed by atoms with Gasteiger partial charge >= 0.3 is 7.12 Å². The Labute approximate surface area is 139 Å². The molecule has 0 unspecified atom stereocenters. The van der Waals surface area contributed by atoms with Crippen LogP contribution in [-0.4, -0.2) is 31.4 Å². The largest absolute Gasteiger partial charge is 0.496 e. The average Bonchev–Trinajstić information content (AvgIpc) is 2.75. The molecule has 0 aliphatic carbocycles. The number of hydrogen-bond acceptors (Lipinski definition) is 4. The fraction of sp³-hybridized carbons (Fsp3) is 0.611. The molecule has 2 fully saturated rings. The van der Waals surface area contributed by atoms with Crippen molar-refractivity contribution in [2.24, 2.45) is 0 Å². The van der Waals surface area contributed by atoms with Gasteiger partial charge in [0.15, 0.2) is 0 Å². The number of anilines is 1. The molecule has 0 radical (unpaired) electrons. The van der Waals surface area contributed by atoms with Crippen LogP contribution in [0.2, 0.25) is 0 Å². The minimum absolute atomic E-state index is 0.393. The van der Waals surface area contributed by atoms with Crippen LogP contribution in [0.25, 0.3) is 0 Å². The summed E-state index contributed by atoms with van der Waals surface area (Å²) in [5.74, 6) is 0. The molecule has 23 heavy (non-hydrogen) atoms. The van der Waals surface area contributed by atoms with Gasteiger partial charge in [-0.3, -0.25) is 0 Å². The van der Waals surface area contributed by atoms with E-state index in [1.807, 2.05) is 39.8 Å². The molecule has 1 aromatic rings. The molecule has 2 aliphatic heterocycles. The van der Waals surface area contributed by atoms with Gasteiger partial charge in [-0.25, -0.2) is 0 Å². The molecule has 0 bridgehead atoms. The lowest BCUT2D eigenvalue weighted by Gasteiger charge is -2.32. The molecule has 0 saturated carbocycles. The highest BCUT2D eigenvalue weighted by Gasteiger charge is 2.52. The second-order valence-corrected chi connectivity index (χ2v) is 7.52. The molecule has 0 N–H and O–H groups in total. The lowest BCUT2D eigenvalue weighted by atomic mass is 9.76. The van der Waals surface area contributed by atoms with Crippen molar-refractivity contribution in [1.29, 1.82) is 5.26 Å². The molecule has 5 heteroatoms. The van der Waals surface area contributed by atoms with Crippen molar-refractivity contribution >= 4 is 18.3 Å². The summed E-state index contributed by atoms with van der Waals surface area (Å²) in [5, 5.41) is 9.58. The van der Waals surface area contributed by atoms with Crippen LogP contribution in [0.3, 0.4) is 0 Å². The summed E-state index contributed by atoms with van der Waals surface area (Å²) >= 11 is 0. The first-order chi connectivity index (χ1) is 10.8. The number of nitrogens with zero attached hydrogens (tertiary/aromatic N) is 2. The third kappa shape index (κ3) is 2.98. The predicted octanol–water partition coefficient (Wildman–Crippen LogP) is 2.85. The molecule has 0 atom stereocenters. The standard InChI is InChI=1S/C18H25BN2O2/c1-17(2)18(3,4)23-19(22-17)16-9-8-15(12-14(16)13-20)21-10-6-5-7-11-21/h8-9,12H,5-7,10-11H2,1-4H3. The molecule has 1 aromatic carbocycles. The lowest BCUT2D eigenvalue weighted by molar-refractivity contribution is 0.00578. The topological polar surface area (TPSA) is 45.5 Å². The van der Waals surface area contributed by atoms with Gasteiger partial charge in [0, 0.05) is 24.2 Å². The Hall–Kier alpha value is -1.51. The van der Waals surface area contributed by atoms with Gasteiger partial charge in [-0.05, 0) is 59.1 Å². The predicted molar refractivity (Wildman–Crippen MR) is 92.9 cm³/mol. The van der Waals surface area contributed by atoms with Gasteiger partial charge in [-0.1, -0.05) is 6.07 Å². The summed E-state index contributed by atoms with van der Waals surface area (Å²) in [4.78, 5) is 2.36. The highest BCUT2D eigenvalue weighted by molar-refractivity contribution is 6.62. The smallest absolute Gasteiger partial charge is 0.399 e. The summed E-state index contributed by atoms with van der Waals surface area (Å²) in [6, 6.07) is 8.38. The second kappa shape index (κ2) is 5.85. The van der Waals surface area contributed by atoms with Crippen LogP contribution in [0.1, 0.15) is 52.5 Å². The first kappa shape index (κ1) is 16.4. The molecule has 4 nitrogen and oxygen atoms in total. The van der Waals surface area contributed by atoms with E-state index in [0.717, 1.165) is 24.2 Å². The van der Waals surface area contributed by atoms with E-state index in [9.17, 15) is 5.26 Å². The van der Waals surface area contributed by atoms with Crippen LogP contribution in [0.5, 0.6) is 0 Å². The maximum atomic E-state index is 9.58. The van der Waals surface area contributed by atoms with E-state index in [-0.39, 0.29) is 0 Å². The highest BCUT2D eigenvalue weighted by atomic mass is 16.7. The molecule has 2 heterocycles. The van der Waals surface area contributed by atoms with E-state index in [2.05, 4.69) is 17.0 Å². The highest BCUT2D eigenvalue weighted by Crippen LogP contribution is 2.36. The van der Waals surface area contributed by atoms with Crippen LogP contribution in [-0.2, 0) is 9.31 Å². The van der Waals surface area contributed by atoms with Crippen molar-refractivity contribution in [3.05, 3.63) is 23.8 Å². The molecule has 122 valence electrons. The zero-order chi connectivity index (χ0) is 16.7. The summed E-state index contributed by atoms with van der Waals surface area (Å²) < 4.78 is 12.2. The van der Waals surface area contributed by atoms with Gasteiger partial charge in [0.05, 0.1) is 22.8 Å². The fourth-order valence-electron chi connectivity index (χ4n) is 3.17. The maximum absolute atomic E-state index is 9.58. The Bertz CT molecular complexity index is 614. The monoisotopic (exact) mass is 312 g/mol. The van der Waals surface area contributed by atoms with Crippen molar-refractivity contribution < 1.29 is 9.31 Å². The van der Waals surface area contributed by atoms with Crippen molar-refractivity contribution in [3.63, 3.8) is 0 Å². The lowest BCUT2D eigenvalue weighted by Crippen LogP contribution is -2.41. The van der Waals surface area contributed by atoms with Crippen LogP contribution in [0.15, 0.2) is 18.2 Å². The van der Waals surface area contributed by atoms with E-state index < -0.39 is 18.3 Å². The van der Waals surface area contributed by atoms with Gasteiger partial charge in [0.2, 0.25) is 0 Å². The van der Waals surface area contributed by atoms with Gasteiger partial charge in [-0.15, -0.1) is 0 Å². The summed E-state index contributed by atoms with van der Waals surface area (Å²) in [6.45, 7) is 10.3. The number of rotatable bonds is 2. The minimum atomic E-state index is -0.481. The summed E-state index contributed by atoms with van der Waals surface area (Å²) in [5.41, 5.74) is 1.81. The zero-order valence-electron chi connectivity index (χ0n) is 14.6. The van der Waals surface area contributed by atoms with Crippen LogP contribution >= 0.6 is 0 Å². The summed E-state index contributed by atoms with van der Waals surface area (Å²) in [7, 11) is -0.481. The normalized spacial score (nSPS) is 22.9. The quantitative estimate of drug-likeness (QED) is 0.788. The van der Waals surface area contributed by atoms with Crippen LogP contribution in [0.4, 0.5) is 5.69 Å². The Morgan fingerprint density at radius 2 is 1.65 bits per heavy atom. The first-order valence-electron chi connectivity index (χ1n) is 8.49. The molecule has 2 aliphatic rings. The van der Waals surface area contributed by atoms with Crippen LogP contribution < -0.4 is 10.4 Å². The van der Waals surface area contributed by atoms with Crippen molar-refractivity contribution in [2.45, 2.75) is 58.2 Å². The van der Waals surface area contributed by atoms with E-state index in [0.29, 0.717) is 5.56 Å². The first-order valence-corrected chi connectivity index (χ1v) is 8.49. The summed E-state index contributed by atoms with van der Waals surface area (Å²) in [6.07, 6.45) is 3.75. The molecule has 2 saturated heterocycles. The van der Waals surface area contributed by atoms with Gasteiger partial charge < -0.3 is 14.2 Å².